The number of thioether (sulfide) groups is 1. The molecule has 0 aliphatic heterocycles. The fraction of sp³-hybridized carbons (Fsp3) is 0.478. The van der Waals surface area contributed by atoms with Gasteiger partial charge in [0.25, 0.3) is 5.91 Å². The van der Waals surface area contributed by atoms with E-state index >= 15 is 0 Å². The fourth-order valence-corrected chi connectivity index (χ4v) is 5.04. The van der Waals surface area contributed by atoms with Crippen LogP contribution in [-0.2, 0) is 6.18 Å². The molecule has 2 aliphatic rings. The zero-order chi connectivity index (χ0) is 21.5. The molecular weight excluding hydrogens is 409 g/mol. The van der Waals surface area contributed by atoms with E-state index in [0.29, 0.717) is 16.8 Å². The number of halogens is 3. The monoisotopic (exact) mass is 434 g/mol. The van der Waals surface area contributed by atoms with Gasteiger partial charge in [0.15, 0.2) is 0 Å². The number of alkyl halides is 3. The molecule has 0 atom stereocenters. The van der Waals surface area contributed by atoms with Gasteiger partial charge in [-0.3, -0.25) is 9.78 Å². The number of nitrogens with one attached hydrogen (secondary N) is 1. The molecule has 1 aromatic heterocycles. The molecule has 1 N–H and O–H groups in total. The Morgan fingerprint density at radius 1 is 1.20 bits per heavy atom. The van der Waals surface area contributed by atoms with Gasteiger partial charge in [-0.05, 0) is 80.9 Å². The number of benzene rings is 1. The Hall–Kier alpha value is -2.02. The van der Waals surface area contributed by atoms with Crippen LogP contribution in [-0.4, -0.2) is 17.1 Å². The molecule has 1 heterocycles. The van der Waals surface area contributed by atoms with Crippen LogP contribution in [0.4, 0.5) is 18.9 Å². The first-order valence-electron chi connectivity index (χ1n) is 10.2. The van der Waals surface area contributed by atoms with Gasteiger partial charge in [0, 0.05) is 22.7 Å². The van der Waals surface area contributed by atoms with E-state index < -0.39 is 17.6 Å². The maximum atomic E-state index is 13.5. The van der Waals surface area contributed by atoms with Crippen molar-refractivity contribution in [3.05, 3.63) is 52.8 Å². The van der Waals surface area contributed by atoms with Crippen LogP contribution < -0.4 is 5.32 Å². The highest BCUT2D eigenvalue weighted by atomic mass is 32.2. The topological polar surface area (TPSA) is 42.0 Å². The van der Waals surface area contributed by atoms with E-state index in [1.807, 2.05) is 24.5 Å². The summed E-state index contributed by atoms with van der Waals surface area (Å²) in [5, 5.41) is 2.80. The molecule has 30 heavy (non-hydrogen) atoms. The molecule has 1 aromatic carbocycles. The van der Waals surface area contributed by atoms with Crippen LogP contribution in [0.25, 0.3) is 0 Å². The number of hydrogen-bond donors (Lipinski definition) is 1. The molecule has 0 saturated heterocycles. The van der Waals surface area contributed by atoms with Gasteiger partial charge in [-0.1, -0.05) is 6.07 Å². The van der Waals surface area contributed by atoms with Gasteiger partial charge in [-0.15, -0.1) is 11.8 Å². The average Bonchev–Trinajstić information content (AvgIpc) is 3.46. The Morgan fingerprint density at radius 3 is 2.50 bits per heavy atom. The summed E-state index contributed by atoms with van der Waals surface area (Å²) in [6.45, 7) is 1.38. The quantitative estimate of drug-likeness (QED) is 0.537. The fourth-order valence-electron chi connectivity index (χ4n) is 4.58. The highest BCUT2D eigenvalue weighted by Crippen LogP contribution is 2.58. The third-order valence-corrected chi connectivity index (χ3v) is 7.34. The number of aromatic nitrogens is 1. The summed E-state index contributed by atoms with van der Waals surface area (Å²) in [5.74, 6) is -0.499. The number of hydrogen-bond acceptors (Lipinski definition) is 3. The van der Waals surface area contributed by atoms with E-state index in [9.17, 15) is 18.0 Å². The van der Waals surface area contributed by atoms with Crippen molar-refractivity contribution in [2.24, 2.45) is 5.41 Å². The smallest absolute Gasteiger partial charge is 0.322 e. The third-order valence-electron chi connectivity index (χ3n) is 6.62. The lowest BCUT2D eigenvalue weighted by molar-refractivity contribution is -0.138. The number of anilines is 1. The van der Waals surface area contributed by atoms with Crippen LogP contribution >= 0.6 is 11.8 Å². The first kappa shape index (κ1) is 21.2. The lowest BCUT2D eigenvalue weighted by Crippen LogP contribution is -2.24. The summed E-state index contributed by atoms with van der Waals surface area (Å²) in [5.41, 5.74) is 0.723. The third kappa shape index (κ3) is 4.22. The van der Waals surface area contributed by atoms with Crippen LogP contribution in [0.3, 0.4) is 0 Å². The molecule has 4 rings (SSSR count). The van der Waals surface area contributed by atoms with Crippen molar-refractivity contribution in [2.45, 2.75) is 62.4 Å². The molecule has 0 bridgehead atoms. The van der Waals surface area contributed by atoms with Gasteiger partial charge in [-0.2, -0.15) is 13.2 Å². The minimum absolute atomic E-state index is 0.0236. The Labute approximate surface area is 178 Å². The highest BCUT2D eigenvalue weighted by Gasteiger charge is 2.46. The molecule has 1 amide bonds. The molecule has 7 heteroatoms. The highest BCUT2D eigenvalue weighted by molar-refractivity contribution is 7.98. The van der Waals surface area contributed by atoms with Crippen molar-refractivity contribution < 1.29 is 18.0 Å². The van der Waals surface area contributed by atoms with Gasteiger partial charge >= 0.3 is 6.18 Å². The summed E-state index contributed by atoms with van der Waals surface area (Å²) in [7, 11) is 0. The molecule has 1 spiro atoms. The van der Waals surface area contributed by atoms with E-state index in [4.69, 9.17) is 0 Å². The summed E-state index contributed by atoms with van der Waals surface area (Å²) in [6, 6.07) is 7.29. The first-order valence-corrected chi connectivity index (χ1v) is 11.5. The average molecular weight is 435 g/mol. The van der Waals surface area contributed by atoms with Crippen LogP contribution in [0.5, 0.6) is 0 Å². The lowest BCUT2D eigenvalue weighted by atomic mass is 9.77. The molecule has 2 aliphatic carbocycles. The van der Waals surface area contributed by atoms with Crippen LogP contribution in [0.15, 0.2) is 35.4 Å². The number of amides is 1. The van der Waals surface area contributed by atoms with E-state index in [1.165, 1.54) is 31.5 Å². The molecule has 2 fully saturated rings. The maximum Gasteiger partial charge on any atom is 0.418 e. The predicted octanol–water partition coefficient (Wildman–Crippen LogP) is 6.82. The number of carbonyl (C=O) groups is 1. The molecule has 160 valence electrons. The molecule has 2 aromatic rings. The summed E-state index contributed by atoms with van der Waals surface area (Å²) in [6.07, 6.45) is 4.66. The Morgan fingerprint density at radius 2 is 1.90 bits per heavy atom. The largest absolute Gasteiger partial charge is 0.418 e. The predicted molar refractivity (Wildman–Crippen MR) is 113 cm³/mol. The second-order valence-corrected chi connectivity index (χ2v) is 9.39. The maximum absolute atomic E-state index is 13.5. The van der Waals surface area contributed by atoms with Crippen molar-refractivity contribution in [3.63, 3.8) is 0 Å². The molecule has 0 unspecified atom stereocenters. The van der Waals surface area contributed by atoms with Gasteiger partial charge < -0.3 is 5.32 Å². The van der Waals surface area contributed by atoms with Crippen LogP contribution in [0.2, 0.25) is 0 Å². The second kappa shape index (κ2) is 7.91. The summed E-state index contributed by atoms with van der Waals surface area (Å²) in [4.78, 5) is 18.4. The van der Waals surface area contributed by atoms with Crippen molar-refractivity contribution >= 4 is 23.4 Å². The number of carbonyl (C=O) groups excluding carboxylic acids is 1. The van der Waals surface area contributed by atoms with Gasteiger partial charge in [0.1, 0.15) is 0 Å². The van der Waals surface area contributed by atoms with E-state index in [-0.39, 0.29) is 17.0 Å². The Kier molecular flexibility index (Phi) is 5.60. The number of rotatable bonds is 4. The second-order valence-electron chi connectivity index (χ2n) is 8.52. The number of pyridine rings is 1. The van der Waals surface area contributed by atoms with E-state index in [0.717, 1.165) is 36.8 Å². The Bertz CT molecular complexity index is 959. The van der Waals surface area contributed by atoms with E-state index in [2.05, 4.69) is 10.3 Å². The number of nitrogens with zero attached hydrogens (tertiary/aromatic N) is 1. The lowest BCUT2D eigenvalue weighted by Gasteiger charge is -2.30. The normalized spacial score (nSPS) is 18.4. The molecule has 2 saturated carbocycles. The van der Waals surface area contributed by atoms with Crippen molar-refractivity contribution in [1.82, 2.24) is 4.98 Å². The summed E-state index contributed by atoms with van der Waals surface area (Å²) < 4.78 is 40.6. The van der Waals surface area contributed by atoms with Gasteiger partial charge in [0.05, 0.1) is 16.8 Å². The van der Waals surface area contributed by atoms with Crippen molar-refractivity contribution in [3.8, 4) is 0 Å². The minimum Gasteiger partial charge on any atom is -0.322 e. The molecule has 3 nitrogen and oxygen atoms in total. The minimum atomic E-state index is -4.55. The SMILES string of the molecule is CSc1cccc(NC(=O)c2c(C3CCC4(CC3)CC4)ncc(C(F)(F)F)c2C)c1. The zero-order valence-corrected chi connectivity index (χ0v) is 17.9. The van der Waals surface area contributed by atoms with Crippen molar-refractivity contribution in [1.29, 1.82) is 0 Å². The zero-order valence-electron chi connectivity index (χ0n) is 17.1. The van der Waals surface area contributed by atoms with Gasteiger partial charge in [-0.25, -0.2) is 0 Å². The standard InChI is InChI=1S/C23H25F3N2OS/c1-14-18(23(24,25)26)13-27-20(15-6-8-22(9-7-15)10-11-22)19(14)21(29)28-16-4-3-5-17(12-16)30-2/h3-5,12-13,15H,6-11H2,1-2H3,(H,28,29). The molecular formula is C23H25F3N2OS. The first-order chi connectivity index (χ1) is 14.2. The Balaban J connectivity index is 1.69. The van der Waals surface area contributed by atoms with Crippen molar-refractivity contribution in [2.75, 3.05) is 11.6 Å². The van der Waals surface area contributed by atoms with E-state index in [1.54, 1.807) is 6.07 Å². The van der Waals surface area contributed by atoms with Crippen LogP contribution in [0, 0.1) is 12.3 Å². The van der Waals surface area contributed by atoms with Crippen LogP contribution in [0.1, 0.15) is 71.6 Å². The molecule has 0 radical (unpaired) electrons. The van der Waals surface area contributed by atoms with Gasteiger partial charge in [0.2, 0.25) is 0 Å². The summed E-state index contributed by atoms with van der Waals surface area (Å²) >= 11 is 1.53.